The van der Waals surface area contributed by atoms with E-state index in [1.807, 2.05) is 128 Å². The van der Waals surface area contributed by atoms with Gasteiger partial charge in [-0.05, 0) is 61.5 Å². The van der Waals surface area contributed by atoms with Crippen molar-refractivity contribution in [2.45, 2.75) is 118 Å². The van der Waals surface area contributed by atoms with Gasteiger partial charge in [-0.15, -0.1) is 13.2 Å². The molecule has 2 aromatic carbocycles. The molecule has 0 unspecified atom stereocenters. The fourth-order valence-electron chi connectivity index (χ4n) is 5.46. The Bertz CT molecular complexity index is 1390. The van der Waals surface area contributed by atoms with E-state index in [1.165, 1.54) is 11.1 Å². The summed E-state index contributed by atoms with van der Waals surface area (Å²) in [5.41, 5.74) is 12.7. The molecule has 0 aromatic heterocycles. The van der Waals surface area contributed by atoms with E-state index in [0.29, 0.717) is 21.3 Å². The number of rotatable bonds is 14. The van der Waals surface area contributed by atoms with Crippen LogP contribution in [0.15, 0.2) is 86.0 Å². The molecule has 319 valence electrons. The Kier molecular flexibility index (Phi) is 27.2. The molecule has 2 saturated carbocycles. The summed E-state index contributed by atoms with van der Waals surface area (Å²) in [4.78, 5) is 45.6. The number of halogens is 2. The number of carbonyl (C=O) groups excluding carboxylic acids is 2. The molecule has 0 bridgehead atoms. The maximum absolute atomic E-state index is 11.7. The van der Waals surface area contributed by atoms with Gasteiger partial charge in [0, 0.05) is 23.9 Å². The number of aliphatic carboxylic acids is 2. The van der Waals surface area contributed by atoms with Crippen LogP contribution in [0.2, 0.25) is 0 Å². The van der Waals surface area contributed by atoms with Crippen molar-refractivity contribution in [3.05, 3.63) is 97.1 Å². The van der Waals surface area contributed by atoms with E-state index < -0.39 is 46.5 Å². The fraction of sp³-hybridized carbons (Fsp3) is 0.545. The molecule has 57 heavy (non-hydrogen) atoms. The topological polar surface area (TPSA) is 179 Å². The average molecular weight is 1060 g/mol. The number of carbonyl (C=O) groups is 4. The number of carboxylic acids is 2. The van der Waals surface area contributed by atoms with Crippen LogP contribution in [-0.2, 0) is 38.1 Å². The van der Waals surface area contributed by atoms with E-state index in [9.17, 15) is 19.2 Å². The van der Waals surface area contributed by atoms with Crippen LogP contribution in [0.3, 0.4) is 0 Å². The monoisotopic (exact) mass is 1060 g/mol. The first-order valence-electron chi connectivity index (χ1n) is 19.1. The third kappa shape index (κ3) is 25.1. The van der Waals surface area contributed by atoms with Gasteiger partial charge in [0.2, 0.25) is 0 Å². The number of hydrogen-bond donors (Lipinski definition) is 4. The van der Waals surface area contributed by atoms with E-state index in [1.54, 1.807) is 0 Å². The van der Waals surface area contributed by atoms with Crippen molar-refractivity contribution in [3.63, 3.8) is 0 Å². The summed E-state index contributed by atoms with van der Waals surface area (Å²) in [5, 5.41) is 18.2. The van der Waals surface area contributed by atoms with Gasteiger partial charge >= 0.3 is 73.3 Å². The molecule has 0 radical (unpaired) electrons. The Labute approximate surface area is 370 Å². The number of allylic oxidation sites excluding steroid dienone is 2. The molecule has 0 saturated heterocycles. The average Bonchev–Trinajstić information content (AvgIpc) is 4.05. The number of hydrogen-bond acceptors (Lipinski definition) is 8. The van der Waals surface area contributed by atoms with Crippen LogP contribution < -0.4 is 11.5 Å². The van der Waals surface area contributed by atoms with Crippen molar-refractivity contribution in [2.75, 3.05) is 0 Å². The van der Waals surface area contributed by atoms with Crippen LogP contribution in [0.1, 0.15) is 117 Å². The second kappa shape index (κ2) is 28.3. The molecule has 2 fully saturated rings. The molecule has 0 aliphatic heterocycles. The molecular formula is C44H66I2N2O8V. The summed E-state index contributed by atoms with van der Waals surface area (Å²) in [6, 6.07) is 20.4. The zero-order valence-corrected chi connectivity index (χ0v) is 40.6. The first-order valence-corrected chi connectivity index (χ1v) is 28.1. The molecule has 0 spiro atoms. The van der Waals surface area contributed by atoms with E-state index in [2.05, 4.69) is 53.1 Å². The van der Waals surface area contributed by atoms with Gasteiger partial charge in [0.25, 0.3) is 0 Å². The van der Waals surface area contributed by atoms with Crippen LogP contribution in [0, 0.1) is 34.5 Å². The third-order valence-electron chi connectivity index (χ3n) is 9.30. The van der Waals surface area contributed by atoms with Crippen LogP contribution in [0.25, 0.3) is 0 Å². The molecule has 10 nitrogen and oxygen atoms in total. The summed E-state index contributed by atoms with van der Waals surface area (Å²) in [5.74, 6) is -3.37. The zero-order chi connectivity index (χ0) is 43.9. The summed E-state index contributed by atoms with van der Waals surface area (Å²) in [6.45, 7) is 22.1. The van der Waals surface area contributed by atoms with Gasteiger partial charge < -0.3 is 31.2 Å². The Hall–Kier alpha value is -2.24. The Balaban J connectivity index is 0.000000748. The van der Waals surface area contributed by atoms with E-state index in [-0.39, 0.29) is 37.1 Å². The van der Waals surface area contributed by atoms with Crippen molar-refractivity contribution in [3.8, 4) is 0 Å². The maximum atomic E-state index is 11.7. The number of carboxylic acid groups (broad SMARTS) is 2. The van der Waals surface area contributed by atoms with Crippen LogP contribution in [-0.4, -0.2) is 46.3 Å². The number of benzene rings is 2. The Morgan fingerprint density at radius 2 is 0.982 bits per heavy atom. The summed E-state index contributed by atoms with van der Waals surface area (Å²) < 4.78 is 10.5. The zero-order valence-electron chi connectivity index (χ0n) is 34.9. The number of ether oxygens (including phenoxy) is 2. The molecule has 2 aliphatic carbocycles. The van der Waals surface area contributed by atoms with Crippen LogP contribution in [0.4, 0.5) is 0 Å². The van der Waals surface area contributed by atoms with Crippen molar-refractivity contribution >= 4 is 63.8 Å². The summed E-state index contributed by atoms with van der Waals surface area (Å²) in [7, 11) is 0.628. The van der Waals surface area contributed by atoms with Gasteiger partial charge in [-0.2, -0.15) is 0 Å². The van der Waals surface area contributed by atoms with E-state index in [4.69, 9.17) is 31.2 Å². The predicted molar refractivity (Wildman–Crippen MR) is 242 cm³/mol. The van der Waals surface area contributed by atoms with Crippen molar-refractivity contribution in [2.24, 2.45) is 46.0 Å². The molecule has 6 N–H and O–H groups in total. The molecule has 8 atom stereocenters. The first kappa shape index (κ1) is 54.8. The van der Waals surface area contributed by atoms with Crippen LogP contribution >= 0.6 is 40.0 Å². The van der Waals surface area contributed by atoms with Crippen molar-refractivity contribution < 1.29 is 48.3 Å². The predicted octanol–water partition coefficient (Wildman–Crippen LogP) is 10.4. The molecule has 13 heteroatoms. The van der Waals surface area contributed by atoms with Gasteiger partial charge in [0.15, 0.2) is 0 Å². The van der Waals surface area contributed by atoms with Crippen molar-refractivity contribution in [1.82, 2.24) is 0 Å². The number of nitrogens with two attached hydrogens (primary N) is 2. The van der Waals surface area contributed by atoms with Crippen molar-refractivity contribution in [1.29, 1.82) is 0 Å². The van der Waals surface area contributed by atoms with E-state index >= 15 is 0 Å². The normalized spacial score (nSPS) is 19.6. The molecule has 2 aromatic rings. The minimum atomic E-state index is -0.946. The second-order valence-corrected chi connectivity index (χ2v) is 28.3. The molecule has 4 rings (SSSR count). The van der Waals surface area contributed by atoms with Gasteiger partial charge in [-0.25, -0.2) is 0 Å². The van der Waals surface area contributed by atoms with Crippen LogP contribution in [0.5, 0.6) is 0 Å². The second-order valence-electron chi connectivity index (χ2n) is 16.5. The summed E-state index contributed by atoms with van der Waals surface area (Å²) >= 11 is 4.74. The van der Waals surface area contributed by atoms with Gasteiger partial charge in [0.05, 0.1) is 24.7 Å². The summed E-state index contributed by atoms with van der Waals surface area (Å²) in [6.07, 6.45) is 6.86. The minimum absolute atomic E-state index is 0.0371. The van der Waals surface area contributed by atoms with E-state index in [0.717, 1.165) is 25.7 Å². The molecule has 0 heterocycles. The SMILES string of the molecule is C=CC[C@@H]1C[C@H]1OC(=O)C[C@H](C(=O)O)C(C)(C)C.C=CC[C@@H]1C[C@H]1OC(=O)C[C@H](C(=O)O)C(C)(C)C.C[C@H](N)c1ccccc1.C[C@H](N)c1ccccc1.[I][V][I]. The molecule has 0 amide bonds. The molecule has 2 aliphatic rings. The first-order chi connectivity index (χ1) is 26.5. The standard InChI is InChI=1S/2C14H22O4.2C8H11N.2HI.V/c2*1-5-6-9-7-11(9)18-12(15)8-10(13(16)17)14(2,3)4;2*1-7(9)8-5-3-2-4-6-8;;;/h2*5,9-11H,1,6-8H2,2-4H3,(H,16,17);2*2-7H,9H2,1H3;2*1H;/q;;;;;;+2/p-2/t2*9-,10-,11-;2*7-;;;/m1100.../s1. The van der Waals surface area contributed by atoms with Gasteiger partial charge in [-0.3, -0.25) is 19.2 Å². The van der Waals surface area contributed by atoms with Gasteiger partial charge in [0.1, 0.15) is 12.2 Å². The Morgan fingerprint density at radius 3 is 1.18 bits per heavy atom. The quantitative estimate of drug-likeness (QED) is 0.0808. The number of esters is 2. The Morgan fingerprint density at radius 1 is 0.702 bits per heavy atom. The fourth-order valence-corrected chi connectivity index (χ4v) is 5.46. The van der Waals surface area contributed by atoms with Gasteiger partial charge in [-0.1, -0.05) is 114 Å². The molecular weight excluding hydrogens is 989 g/mol. The third-order valence-corrected chi connectivity index (χ3v) is 9.30.